The van der Waals surface area contributed by atoms with E-state index in [9.17, 15) is 34.1 Å². The average molecular weight is 447 g/mol. The van der Waals surface area contributed by atoms with Gasteiger partial charge in [-0.3, -0.25) is 14.4 Å². The number of hydrogen-bond donors (Lipinski definition) is 5. The monoisotopic (exact) mass is 447 g/mol. The van der Waals surface area contributed by atoms with Crippen molar-refractivity contribution in [3.05, 3.63) is 52.1 Å². The Kier molecular flexibility index (Phi) is 6.49. The summed E-state index contributed by atoms with van der Waals surface area (Å²) < 4.78 is 14.9. The van der Waals surface area contributed by atoms with Crippen LogP contribution in [0, 0.1) is 26.6 Å². The smallest absolute Gasteiger partial charge is 0.294 e. The van der Waals surface area contributed by atoms with Gasteiger partial charge in [0.15, 0.2) is 0 Å². The van der Waals surface area contributed by atoms with Gasteiger partial charge in [0, 0.05) is 18.4 Å². The number of carbonyl (C=O) groups is 3. The van der Waals surface area contributed by atoms with Gasteiger partial charge in [-0.2, -0.15) is 0 Å². The summed E-state index contributed by atoms with van der Waals surface area (Å²) in [6.07, 6.45) is -4.13. The lowest BCUT2D eigenvalue weighted by Gasteiger charge is -2.17. The van der Waals surface area contributed by atoms with Crippen LogP contribution >= 0.6 is 0 Å². The number of amides is 2. The first-order valence-corrected chi connectivity index (χ1v) is 10.1. The maximum atomic E-state index is 13.5. The van der Waals surface area contributed by atoms with Gasteiger partial charge in [0.05, 0.1) is 23.4 Å². The highest BCUT2D eigenvalue weighted by Gasteiger charge is 2.42. The number of carbonyl (C=O) groups excluding carboxylic acids is 3. The van der Waals surface area contributed by atoms with Crippen LogP contribution in [0.2, 0.25) is 0 Å². The molecule has 1 heterocycles. The maximum absolute atomic E-state index is 13.5. The molecule has 1 aliphatic rings. The van der Waals surface area contributed by atoms with Crippen molar-refractivity contribution in [2.45, 2.75) is 51.5 Å². The number of aliphatic hydroxyl groups excluding tert-OH is 3. The highest BCUT2D eigenvalue weighted by atomic mass is 19.1. The fourth-order valence-corrected chi connectivity index (χ4v) is 4.04. The lowest BCUT2D eigenvalue weighted by atomic mass is 10.1. The van der Waals surface area contributed by atoms with E-state index in [-0.39, 0.29) is 23.2 Å². The maximum Gasteiger partial charge on any atom is 0.294 e. The SMILES string of the molecule is Cc1cc(NC(=O)c2c(C)c(C(=O)C(=O)N[C@@H]3C[C@H](O)[C@@H](O)[C@H]3O)n(C)c2C)ccc1F. The van der Waals surface area contributed by atoms with Gasteiger partial charge in [-0.1, -0.05) is 0 Å². The van der Waals surface area contributed by atoms with Crippen molar-refractivity contribution >= 4 is 23.3 Å². The van der Waals surface area contributed by atoms with E-state index in [0.29, 0.717) is 16.9 Å². The van der Waals surface area contributed by atoms with Crippen LogP contribution in [0.1, 0.15) is 44.1 Å². The molecule has 1 aliphatic carbocycles. The Morgan fingerprint density at radius 1 is 1.09 bits per heavy atom. The second-order valence-electron chi connectivity index (χ2n) is 8.10. The number of nitrogens with one attached hydrogen (secondary N) is 2. The lowest BCUT2D eigenvalue weighted by molar-refractivity contribution is -0.118. The van der Waals surface area contributed by atoms with Gasteiger partial charge in [-0.25, -0.2) is 4.39 Å². The van der Waals surface area contributed by atoms with E-state index in [1.54, 1.807) is 20.9 Å². The number of Topliss-reactive ketones (excluding diaryl/α,β-unsaturated/α-hetero) is 1. The van der Waals surface area contributed by atoms with Crippen LogP contribution in [0.5, 0.6) is 0 Å². The molecule has 32 heavy (non-hydrogen) atoms. The van der Waals surface area contributed by atoms with Crippen LogP contribution in [0.25, 0.3) is 0 Å². The summed E-state index contributed by atoms with van der Waals surface area (Å²) in [4.78, 5) is 38.3. The summed E-state index contributed by atoms with van der Waals surface area (Å²) >= 11 is 0. The number of benzene rings is 1. The zero-order valence-corrected chi connectivity index (χ0v) is 18.1. The van der Waals surface area contributed by atoms with E-state index >= 15 is 0 Å². The van der Waals surface area contributed by atoms with Gasteiger partial charge in [-0.05, 0) is 56.5 Å². The highest BCUT2D eigenvalue weighted by molar-refractivity contribution is 6.43. The number of anilines is 1. The summed E-state index contributed by atoms with van der Waals surface area (Å²) in [6, 6.07) is 3.15. The molecule has 2 aromatic rings. The molecule has 1 aromatic heterocycles. The van der Waals surface area contributed by atoms with E-state index in [4.69, 9.17) is 0 Å². The second-order valence-corrected chi connectivity index (χ2v) is 8.10. The van der Waals surface area contributed by atoms with E-state index < -0.39 is 47.8 Å². The standard InChI is InChI=1S/C22H26FN3O6/c1-9-7-12(5-6-13(9)23)24-21(31)16-10(2)17(26(4)11(16)3)20(30)22(32)25-14-8-15(27)19(29)18(14)28/h5-7,14-15,18-19,27-29H,8H2,1-4H3,(H,24,31)(H,25,32)/t14-,15+,18+,19-/m1/s1. The predicted molar refractivity (Wildman–Crippen MR) is 113 cm³/mol. The Bertz CT molecular complexity index is 1100. The number of rotatable bonds is 5. The van der Waals surface area contributed by atoms with Crippen LogP contribution < -0.4 is 10.6 Å². The van der Waals surface area contributed by atoms with Crippen molar-refractivity contribution in [2.24, 2.45) is 7.05 Å². The number of ketones is 1. The third-order valence-electron chi connectivity index (χ3n) is 5.96. The molecule has 172 valence electrons. The Hall–Kier alpha value is -3.08. The predicted octanol–water partition coefficient (Wildman–Crippen LogP) is 0.496. The fraction of sp³-hybridized carbons (Fsp3) is 0.409. The Balaban J connectivity index is 1.83. The lowest BCUT2D eigenvalue weighted by Crippen LogP contribution is -2.46. The molecule has 2 amide bonds. The van der Waals surface area contributed by atoms with Gasteiger partial charge in [0.25, 0.3) is 17.6 Å². The first-order valence-electron chi connectivity index (χ1n) is 10.1. The highest BCUT2D eigenvalue weighted by Crippen LogP contribution is 2.25. The summed E-state index contributed by atoms with van der Waals surface area (Å²) in [6.45, 7) is 4.73. The number of nitrogens with zero attached hydrogens (tertiary/aromatic N) is 1. The summed E-state index contributed by atoms with van der Waals surface area (Å²) in [5, 5.41) is 34.2. The first kappa shape index (κ1) is 23.6. The molecule has 0 aliphatic heterocycles. The Labute approximate surface area is 183 Å². The number of hydrogen-bond acceptors (Lipinski definition) is 6. The fourth-order valence-electron chi connectivity index (χ4n) is 4.04. The summed E-state index contributed by atoms with van der Waals surface area (Å²) in [7, 11) is 1.54. The molecule has 0 spiro atoms. The van der Waals surface area contributed by atoms with Crippen LogP contribution in [0.4, 0.5) is 10.1 Å². The molecule has 0 saturated heterocycles. The minimum atomic E-state index is -1.42. The molecule has 0 bridgehead atoms. The molecule has 4 atom stereocenters. The van der Waals surface area contributed by atoms with Crippen LogP contribution in [0.3, 0.4) is 0 Å². The number of aryl methyl sites for hydroxylation is 1. The number of aliphatic hydroxyl groups is 3. The van der Waals surface area contributed by atoms with Crippen LogP contribution in [-0.2, 0) is 11.8 Å². The molecule has 0 radical (unpaired) electrons. The molecule has 0 unspecified atom stereocenters. The zero-order valence-electron chi connectivity index (χ0n) is 18.1. The topological polar surface area (TPSA) is 141 Å². The van der Waals surface area contributed by atoms with Crippen molar-refractivity contribution in [3.8, 4) is 0 Å². The number of halogens is 1. The van der Waals surface area contributed by atoms with E-state index in [1.165, 1.54) is 29.7 Å². The Morgan fingerprint density at radius 3 is 2.31 bits per heavy atom. The molecular weight excluding hydrogens is 421 g/mol. The van der Waals surface area contributed by atoms with E-state index in [1.807, 2.05) is 0 Å². The molecule has 1 fully saturated rings. The third-order valence-corrected chi connectivity index (χ3v) is 5.96. The summed E-state index contributed by atoms with van der Waals surface area (Å²) in [5.41, 5.74) is 1.68. The number of aromatic nitrogens is 1. The molecule has 5 N–H and O–H groups in total. The van der Waals surface area contributed by atoms with E-state index in [2.05, 4.69) is 10.6 Å². The minimum absolute atomic E-state index is 0.00554. The zero-order chi connectivity index (χ0) is 23.9. The summed E-state index contributed by atoms with van der Waals surface area (Å²) in [5.74, 6) is -2.87. The normalized spacial score (nSPS) is 22.6. The molecule has 1 aromatic carbocycles. The largest absolute Gasteiger partial charge is 0.390 e. The minimum Gasteiger partial charge on any atom is -0.390 e. The van der Waals surface area contributed by atoms with Crippen molar-refractivity contribution in [3.63, 3.8) is 0 Å². The van der Waals surface area contributed by atoms with Crippen LogP contribution in [-0.4, -0.2) is 61.8 Å². The van der Waals surface area contributed by atoms with Gasteiger partial charge >= 0.3 is 0 Å². The van der Waals surface area contributed by atoms with Gasteiger partial charge < -0.3 is 30.5 Å². The van der Waals surface area contributed by atoms with Gasteiger partial charge in [0.1, 0.15) is 18.0 Å². The van der Waals surface area contributed by atoms with Crippen LogP contribution in [0.15, 0.2) is 18.2 Å². The molecule has 9 nitrogen and oxygen atoms in total. The molecule has 1 saturated carbocycles. The Morgan fingerprint density at radius 2 is 1.75 bits per heavy atom. The molecule has 3 rings (SSSR count). The average Bonchev–Trinajstić information content (AvgIpc) is 3.10. The second kappa shape index (κ2) is 8.81. The first-order chi connectivity index (χ1) is 14.9. The third kappa shape index (κ3) is 4.16. The molecular formula is C22H26FN3O6. The van der Waals surface area contributed by atoms with E-state index in [0.717, 1.165) is 0 Å². The van der Waals surface area contributed by atoms with Gasteiger partial charge in [0.2, 0.25) is 0 Å². The quantitative estimate of drug-likeness (QED) is 0.334. The van der Waals surface area contributed by atoms with Gasteiger partial charge in [-0.15, -0.1) is 0 Å². The molecule has 10 heteroatoms. The van der Waals surface area contributed by atoms with Crippen molar-refractivity contribution in [2.75, 3.05) is 5.32 Å². The van der Waals surface area contributed by atoms with Crippen molar-refractivity contribution < 1.29 is 34.1 Å². The van der Waals surface area contributed by atoms with Crippen molar-refractivity contribution in [1.82, 2.24) is 9.88 Å². The van der Waals surface area contributed by atoms with Crippen molar-refractivity contribution in [1.29, 1.82) is 0 Å².